The zero-order valence-corrected chi connectivity index (χ0v) is 13.2. The summed E-state index contributed by atoms with van der Waals surface area (Å²) in [7, 11) is 0. The highest BCUT2D eigenvalue weighted by molar-refractivity contribution is 6.30. The summed E-state index contributed by atoms with van der Waals surface area (Å²) in [6.45, 7) is 1.47. The lowest BCUT2D eigenvalue weighted by Crippen LogP contribution is -2.52. The number of hydrogen-bond acceptors (Lipinski definition) is 4. The van der Waals surface area contributed by atoms with Crippen LogP contribution >= 0.6 is 11.6 Å². The van der Waals surface area contributed by atoms with E-state index >= 15 is 0 Å². The predicted octanol–water partition coefficient (Wildman–Crippen LogP) is 1.84. The van der Waals surface area contributed by atoms with Crippen molar-refractivity contribution >= 4 is 17.5 Å². The third kappa shape index (κ3) is 3.26. The number of morpholine rings is 1. The third-order valence-corrected chi connectivity index (χ3v) is 4.99. The molecule has 1 aromatic rings. The smallest absolute Gasteiger partial charge is 0.248 e. The molecule has 2 heterocycles. The van der Waals surface area contributed by atoms with Gasteiger partial charge in [0.05, 0.1) is 11.6 Å². The topological polar surface area (TPSA) is 62.7 Å². The van der Waals surface area contributed by atoms with E-state index in [9.17, 15) is 9.90 Å². The number of ether oxygens (including phenoxy) is 1. The van der Waals surface area contributed by atoms with E-state index in [0.29, 0.717) is 24.1 Å². The Morgan fingerprint density at radius 3 is 2.95 bits per heavy atom. The number of rotatable bonds is 3. The van der Waals surface area contributed by atoms with Gasteiger partial charge in [-0.3, -0.25) is 9.78 Å². The minimum atomic E-state index is 0.0396. The summed E-state index contributed by atoms with van der Waals surface area (Å²) in [6, 6.07) is 3.93. The number of aromatic nitrogens is 1. The second-order valence-electron chi connectivity index (χ2n) is 6.06. The van der Waals surface area contributed by atoms with Crippen LogP contribution in [0.5, 0.6) is 0 Å². The Morgan fingerprint density at radius 1 is 1.41 bits per heavy atom. The molecular weight excluding hydrogens is 304 g/mol. The molecule has 1 aromatic heterocycles. The Hall–Kier alpha value is -1.17. The zero-order chi connectivity index (χ0) is 15.5. The molecule has 1 N–H and O–H groups in total. The summed E-state index contributed by atoms with van der Waals surface area (Å²) >= 11 is 5.89. The van der Waals surface area contributed by atoms with Gasteiger partial charge in [0.2, 0.25) is 5.91 Å². The number of halogens is 1. The predicted molar refractivity (Wildman–Crippen MR) is 82.7 cm³/mol. The van der Waals surface area contributed by atoms with Crippen molar-refractivity contribution in [1.29, 1.82) is 0 Å². The molecule has 2 fully saturated rings. The molecule has 120 valence electrons. The van der Waals surface area contributed by atoms with Crippen LogP contribution in [0, 0.1) is 5.92 Å². The molecule has 6 heteroatoms. The first-order chi connectivity index (χ1) is 10.7. The van der Waals surface area contributed by atoms with Gasteiger partial charge in [-0.2, -0.15) is 0 Å². The number of aliphatic hydroxyl groups is 1. The Labute approximate surface area is 135 Å². The van der Waals surface area contributed by atoms with Crippen molar-refractivity contribution in [3.8, 4) is 0 Å². The number of carbonyl (C=O) groups is 1. The van der Waals surface area contributed by atoms with Crippen molar-refractivity contribution in [3.63, 3.8) is 0 Å². The second-order valence-corrected chi connectivity index (χ2v) is 6.50. The van der Waals surface area contributed by atoms with Gasteiger partial charge in [0, 0.05) is 42.9 Å². The largest absolute Gasteiger partial charge is 0.396 e. The number of hydrogen-bond donors (Lipinski definition) is 1. The van der Waals surface area contributed by atoms with Gasteiger partial charge >= 0.3 is 0 Å². The highest BCUT2D eigenvalue weighted by Gasteiger charge is 2.37. The van der Waals surface area contributed by atoms with Gasteiger partial charge in [0.1, 0.15) is 6.61 Å². The number of carbonyl (C=O) groups excluding carboxylic acids is 1. The molecular formula is C16H21ClN2O3. The highest BCUT2D eigenvalue weighted by Crippen LogP contribution is 2.38. The van der Waals surface area contributed by atoms with E-state index in [1.54, 1.807) is 6.20 Å². The van der Waals surface area contributed by atoms with Crippen LogP contribution in [0.15, 0.2) is 18.3 Å². The van der Waals surface area contributed by atoms with Crippen LogP contribution in [-0.2, 0) is 9.53 Å². The molecule has 0 aromatic carbocycles. The maximum atomic E-state index is 12.0. The van der Waals surface area contributed by atoms with Gasteiger partial charge in [0.25, 0.3) is 0 Å². The fraction of sp³-hybridized carbons (Fsp3) is 0.625. The molecule has 1 aliphatic heterocycles. The second kappa shape index (κ2) is 6.94. The van der Waals surface area contributed by atoms with Crippen LogP contribution in [-0.4, -0.2) is 53.3 Å². The molecule has 1 aliphatic carbocycles. The summed E-state index contributed by atoms with van der Waals surface area (Å²) in [5.74, 6) is 0.456. The molecule has 5 nitrogen and oxygen atoms in total. The summed E-state index contributed by atoms with van der Waals surface area (Å²) in [5, 5.41) is 10.4. The minimum absolute atomic E-state index is 0.0396. The molecule has 0 radical (unpaired) electrons. The van der Waals surface area contributed by atoms with E-state index < -0.39 is 0 Å². The van der Waals surface area contributed by atoms with Gasteiger partial charge < -0.3 is 14.7 Å². The van der Waals surface area contributed by atoms with Crippen molar-refractivity contribution in [1.82, 2.24) is 9.88 Å². The zero-order valence-electron chi connectivity index (χ0n) is 12.4. The molecule has 3 unspecified atom stereocenters. The molecule has 3 rings (SSSR count). The van der Waals surface area contributed by atoms with Crippen LogP contribution in [0.2, 0.25) is 5.02 Å². The Kier molecular flexibility index (Phi) is 4.96. The van der Waals surface area contributed by atoms with E-state index in [1.807, 2.05) is 17.0 Å². The van der Waals surface area contributed by atoms with Crippen molar-refractivity contribution in [3.05, 3.63) is 29.0 Å². The molecule has 22 heavy (non-hydrogen) atoms. The average molecular weight is 325 g/mol. The van der Waals surface area contributed by atoms with Crippen LogP contribution in [0.25, 0.3) is 0 Å². The monoisotopic (exact) mass is 324 g/mol. The minimum Gasteiger partial charge on any atom is -0.396 e. The maximum absolute atomic E-state index is 12.0. The summed E-state index contributed by atoms with van der Waals surface area (Å²) in [5.41, 5.74) is 1.02. The fourth-order valence-electron chi connectivity index (χ4n) is 3.63. The Balaban J connectivity index is 1.70. The first-order valence-corrected chi connectivity index (χ1v) is 8.16. The van der Waals surface area contributed by atoms with Gasteiger partial charge in [-0.05, 0) is 31.4 Å². The molecule has 1 saturated heterocycles. The molecule has 3 atom stereocenters. The Bertz CT molecular complexity index is 523. The van der Waals surface area contributed by atoms with Crippen LogP contribution in [0.1, 0.15) is 30.9 Å². The quantitative estimate of drug-likeness (QED) is 0.921. The summed E-state index contributed by atoms with van der Waals surface area (Å²) in [6.07, 6.45) is 4.38. The van der Waals surface area contributed by atoms with Crippen LogP contribution in [0.4, 0.5) is 0 Å². The highest BCUT2D eigenvalue weighted by atomic mass is 35.5. The molecule has 1 amide bonds. The lowest BCUT2D eigenvalue weighted by Gasteiger charge is -2.43. The van der Waals surface area contributed by atoms with Gasteiger partial charge in [-0.25, -0.2) is 0 Å². The number of aliphatic hydroxyl groups excluding tert-OH is 1. The van der Waals surface area contributed by atoms with Crippen molar-refractivity contribution in [2.75, 3.05) is 26.4 Å². The van der Waals surface area contributed by atoms with Crippen molar-refractivity contribution < 1.29 is 14.6 Å². The molecule has 2 aliphatic rings. The fourth-order valence-corrected chi connectivity index (χ4v) is 3.74. The lowest BCUT2D eigenvalue weighted by molar-refractivity contribution is -0.148. The van der Waals surface area contributed by atoms with Gasteiger partial charge in [-0.15, -0.1) is 0 Å². The van der Waals surface area contributed by atoms with E-state index in [1.165, 1.54) is 0 Å². The summed E-state index contributed by atoms with van der Waals surface area (Å²) in [4.78, 5) is 18.3. The third-order valence-electron chi connectivity index (χ3n) is 4.77. The van der Waals surface area contributed by atoms with Crippen LogP contribution < -0.4 is 0 Å². The average Bonchev–Trinajstić information content (AvgIpc) is 2.55. The molecule has 0 spiro atoms. The van der Waals surface area contributed by atoms with Crippen LogP contribution in [0.3, 0.4) is 0 Å². The van der Waals surface area contributed by atoms with Crippen molar-refractivity contribution in [2.24, 2.45) is 5.92 Å². The van der Waals surface area contributed by atoms with Gasteiger partial charge in [0.15, 0.2) is 0 Å². The number of pyridine rings is 1. The standard InChI is InChI=1S/C16H21ClN2O3/c17-13-2-3-14(18-8-13)11-1-4-15(12(7-11)9-20)19-5-6-22-10-16(19)21/h2-3,8,11-12,15,20H,1,4-7,9-10H2. The first kappa shape index (κ1) is 15.7. The Morgan fingerprint density at radius 2 is 2.27 bits per heavy atom. The SMILES string of the molecule is O=C1COCCN1C1CCC(c2ccc(Cl)cn2)CC1CO. The summed E-state index contributed by atoms with van der Waals surface area (Å²) < 4.78 is 5.20. The molecule has 0 bridgehead atoms. The van der Waals surface area contributed by atoms with E-state index in [0.717, 1.165) is 25.0 Å². The van der Waals surface area contributed by atoms with Gasteiger partial charge in [-0.1, -0.05) is 11.6 Å². The number of amides is 1. The molecule has 1 saturated carbocycles. The van der Waals surface area contributed by atoms with E-state index in [4.69, 9.17) is 16.3 Å². The normalized spacial score (nSPS) is 29.6. The number of nitrogens with zero attached hydrogens (tertiary/aromatic N) is 2. The maximum Gasteiger partial charge on any atom is 0.248 e. The van der Waals surface area contributed by atoms with E-state index in [-0.39, 0.29) is 31.1 Å². The first-order valence-electron chi connectivity index (χ1n) is 7.78. The van der Waals surface area contributed by atoms with E-state index in [2.05, 4.69) is 4.98 Å². The van der Waals surface area contributed by atoms with Crippen molar-refractivity contribution in [2.45, 2.75) is 31.2 Å². The lowest BCUT2D eigenvalue weighted by atomic mass is 9.76.